The fourth-order valence-electron chi connectivity index (χ4n) is 3.97. The van der Waals surface area contributed by atoms with E-state index in [0.717, 1.165) is 48.3 Å². The predicted molar refractivity (Wildman–Crippen MR) is 128 cm³/mol. The van der Waals surface area contributed by atoms with Crippen LogP contribution < -0.4 is 10.6 Å². The Bertz CT molecular complexity index is 1180. The van der Waals surface area contributed by atoms with Crippen molar-refractivity contribution in [1.29, 1.82) is 5.26 Å². The molecule has 1 aliphatic rings. The van der Waals surface area contributed by atoms with Gasteiger partial charge >= 0.3 is 0 Å². The van der Waals surface area contributed by atoms with E-state index >= 15 is 0 Å². The van der Waals surface area contributed by atoms with E-state index in [9.17, 15) is 4.79 Å². The van der Waals surface area contributed by atoms with Gasteiger partial charge in [0.15, 0.2) is 0 Å². The molecule has 0 saturated carbocycles. The molecule has 3 atom stereocenters. The molecule has 176 valence electrons. The molecule has 0 spiro atoms. The summed E-state index contributed by atoms with van der Waals surface area (Å²) in [6.45, 7) is 6.46. The number of aromatic nitrogens is 4. The SMILES string of the molecule is CCC1CCC(Cn2cc(Nc3ncc(C)c(-c4ccc(C(=O)N[C@@H](C)C#N)cc4)n3)cn2)O1. The first-order chi connectivity index (χ1) is 16.4. The zero-order valence-electron chi connectivity index (χ0n) is 19.7. The molecule has 2 unspecified atom stereocenters. The highest BCUT2D eigenvalue weighted by Crippen LogP contribution is 2.25. The van der Waals surface area contributed by atoms with Crippen LogP contribution in [0.3, 0.4) is 0 Å². The van der Waals surface area contributed by atoms with Crippen molar-refractivity contribution in [3.8, 4) is 17.3 Å². The van der Waals surface area contributed by atoms with Gasteiger partial charge in [0.05, 0.1) is 42.4 Å². The van der Waals surface area contributed by atoms with Gasteiger partial charge in [0, 0.05) is 23.5 Å². The molecule has 9 heteroatoms. The number of amides is 1. The average molecular weight is 460 g/mol. The normalized spacial score (nSPS) is 18.3. The molecule has 3 heterocycles. The second kappa shape index (κ2) is 10.4. The number of nitrogens with zero attached hydrogens (tertiary/aromatic N) is 5. The largest absolute Gasteiger partial charge is 0.373 e. The van der Waals surface area contributed by atoms with E-state index in [0.29, 0.717) is 17.6 Å². The minimum absolute atomic E-state index is 0.202. The number of anilines is 2. The van der Waals surface area contributed by atoms with Crippen LogP contribution in [-0.4, -0.2) is 43.9 Å². The minimum atomic E-state index is -0.548. The van der Waals surface area contributed by atoms with Crippen LogP contribution in [0.4, 0.5) is 11.6 Å². The van der Waals surface area contributed by atoms with Crippen LogP contribution in [0.1, 0.15) is 49.0 Å². The highest BCUT2D eigenvalue weighted by atomic mass is 16.5. The summed E-state index contributed by atoms with van der Waals surface area (Å²) < 4.78 is 7.91. The second-order valence-electron chi connectivity index (χ2n) is 8.57. The Morgan fingerprint density at radius 2 is 2.03 bits per heavy atom. The van der Waals surface area contributed by atoms with Crippen LogP contribution >= 0.6 is 0 Å². The molecule has 4 rings (SSSR count). The number of rotatable bonds is 8. The van der Waals surface area contributed by atoms with Crippen LogP contribution in [0.5, 0.6) is 0 Å². The highest BCUT2D eigenvalue weighted by Gasteiger charge is 2.24. The number of carbonyl (C=O) groups excluding carboxylic acids is 1. The van der Waals surface area contributed by atoms with Crippen molar-refractivity contribution in [3.05, 3.63) is 54.0 Å². The molecule has 1 aromatic carbocycles. The predicted octanol–water partition coefficient (Wildman–Crippen LogP) is 3.99. The maximum atomic E-state index is 12.2. The Morgan fingerprint density at radius 1 is 1.26 bits per heavy atom. The molecule has 0 aliphatic carbocycles. The average Bonchev–Trinajstić information content (AvgIpc) is 3.49. The van der Waals surface area contributed by atoms with E-state index < -0.39 is 6.04 Å². The van der Waals surface area contributed by atoms with E-state index in [1.165, 1.54) is 0 Å². The van der Waals surface area contributed by atoms with Crippen molar-refractivity contribution in [2.45, 2.75) is 64.8 Å². The van der Waals surface area contributed by atoms with Gasteiger partial charge in [-0.05, 0) is 50.8 Å². The van der Waals surface area contributed by atoms with Gasteiger partial charge in [-0.1, -0.05) is 19.1 Å². The molecule has 1 amide bonds. The monoisotopic (exact) mass is 459 g/mol. The molecular formula is C25H29N7O2. The smallest absolute Gasteiger partial charge is 0.252 e. The van der Waals surface area contributed by atoms with E-state index in [1.54, 1.807) is 31.5 Å². The fourth-order valence-corrected chi connectivity index (χ4v) is 3.97. The molecule has 0 radical (unpaired) electrons. The Balaban J connectivity index is 1.43. The van der Waals surface area contributed by atoms with Crippen molar-refractivity contribution in [2.24, 2.45) is 0 Å². The number of hydrogen-bond donors (Lipinski definition) is 2. The van der Waals surface area contributed by atoms with E-state index in [2.05, 4.69) is 32.6 Å². The zero-order chi connectivity index (χ0) is 24.1. The lowest BCUT2D eigenvalue weighted by molar-refractivity contribution is 0.0322. The summed E-state index contributed by atoms with van der Waals surface area (Å²) >= 11 is 0. The quantitative estimate of drug-likeness (QED) is 0.523. The molecule has 2 aromatic heterocycles. The summed E-state index contributed by atoms with van der Waals surface area (Å²) in [5, 5.41) is 19.2. The van der Waals surface area contributed by atoms with Crippen LogP contribution in [-0.2, 0) is 11.3 Å². The van der Waals surface area contributed by atoms with Gasteiger partial charge in [-0.15, -0.1) is 0 Å². The van der Waals surface area contributed by atoms with E-state index in [-0.39, 0.29) is 12.0 Å². The summed E-state index contributed by atoms with van der Waals surface area (Å²) in [6.07, 6.45) is 9.23. The third kappa shape index (κ3) is 5.58. The number of hydrogen-bond acceptors (Lipinski definition) is 7. The first-order valence-corrected chi connectivity index (χ1v) is 11.5. The number of benzene rings is 1. The lowest BCUT2D eigenvalue weighted by Crippen LogP contribution is -2.31. The summed E-state index contributed by atoms with van der Waals surface area (Å²) in [6, 6.07) is 8.57. The molecule has 1 aliphatic heterocycles. The van der Waals surface area contributed by atoms with Crippen molar-refractivity contribution < 1.29 is 9.53 Å². The summed E-state index contributed by atoms with van der Waals surface area (Å²) in [5.41, 5.74) is 3.85. The van der Waals surface area contributed by atoms with Gasteiger partial charge in [-0.3, -0.25) is 9.48 Å². The Labute approximate surface area is 199 Å². The van der Waals surface area contributed by atoms with Gasteiger partial charge in [-0.25, -0.2) is 9.97 Å². The molecule has 0 bridgehead atoms. The summed E-state index contributed by atoms with van der Waals surface area (Å²) in [5.74, 6) is 0.181. The van der Waals surface area contributed by atoms with Crippen LogP contribution in [0.15, 0.2) is 42.9 Å². The van der Waals surface area contributed by atoms with Crippen LogP contribution in [0.2, 0.25) is 0 Å². The fraction of sp³-hybridized carbons (Fsp3) is 0.400. The van der Waals surface area contributed by atoms with Crippen molar-refractivity contribution in [3.63, 3.8) is 0 Å². The third-order valence-corrected chi connectivity index (χ3v) is 5.86. The molecule has 1 fully saturated rings. The van der Waals surface area contributed by atoms with Gasteiger partial charge in [0.2, 0.25) is 5.95 Å². The first kappa shape index (κ1) is 23.4. The van der Waals surface area contributed by atoms with Gasteiger partial charge in [0.25, 0.3) is 5.91 Å². The second-order valence-corrected chi connectivity index (χ2v) is 8.57. The number of nitrogens with one attached hydrogen (secondary N) is 2. The Kier molecular flexibility index (Phi) is 7.18. The highest BCUT2D eigenvalue weighted by molar-refractivity contribution is 5.95. The maximum absolute atomic E-state index is 12.2. The first-order valence-electron chi connectivity index (χ1n) is 11.5. The van der Waals surface area contributed by atoms with Gasteiger partial charge in [0.1, 0.15) is 6.04 Å². The van der Waals surface area contributed by atoms with Crippen molar-refractivity contribution in [1.82, 2.24) is 25.1 Å². The van der Waals surface area contributed by atoms with Gasteiger partial charge < -0.3 is 15.4 Å². The summed E-state index contributed by atoms with van der Waals surface area (Å²) in [7, 11) is 0. The number of carbonyl (C=O) groups is 1. The van der Waals surface area contributed by atoms with Crippen molar-refractivity contribution in [2.75, 3.05) is 5.32 Å². The number of ether oxygens (including phenoxy) is 1. The zero-order valence-corrected chi connectivity index (χ0v) is 19.7. The van der Waals surface area contributed by atoms with E-state index in [4.69, 9.17) is 10.00 Å². The minimum Gasteiger partial charge on any atom is -0.373 e. The van der Waals surface area contributed by atoms with Gasteiger partial charge in [-0.2, -0.15) is 10.4 Å². The van der Waals surface area contributed by atoms with Crippen LogP contribution in [0.25, 0.3) is 11.3 Å². The molecule has 34 heavy (non-hydrogen) atoms. The van der Waals surface area contributed by atoms with Crippen molar-refractivity contribution >= 4 is 17.5 Å². The Morgan fingerprint density at radius 3 is 2.74 bits per heavy atom. The molecule has 2 N–H and O–H groups in total. The Hall–Kier alpha value is -3.77. The maximum Gasteiger partial charge on any atom is 0.252 e. The third-order valence-electron chi connectivity index (χ3n) is 5.86. The molecule has 3 aromatic rings. The standard InChI is InChI=1S/C25H29N7O2/c1-4-21-9-10-22(34-21)15-32-14-20(13-28-32)30-25-27-12-16(2)23(31-25)18-5-7-19(8-6-18)24(33)29-17(3)11-26/h5-8,12-14,17,21-22H,4,9-10,15H2,1-3H3,(H,29,33)(H,27,30,31)/t17-,21?,22?/m0/s1. The lowest BCUT2D eigenvalue weighted by atomic mass is 10.1. The summed E-state index contributed by atoms with van der Waals surface area (Å²) in [4.78, 5) is 21.3. The molecule has 9 nitrogen and oxygen atoms in total. The topological polar surface area (TPSA) is 118 Å². The molecular weight excluding hydrogens is 430 g/mol. The number of nitriles is 1. The van der Waals surface area contributed by atoms with Crippen LogP contribution in [0, 0.1) is 18.3 Å². The van der Waals surface area contributed by atoms with E-state index in [1.807, 2.05) is 36.0 Å². The number of aryl methyl sites for hydroxylation is 1. The molecule has 1 saturated heterocycles. The lowest BCUT2D eigenvalue weighted by Gasteiger charge is -2.12.